The van der Waals surface area contributed by atoms with Gasteiger partial charge in [-0.15, -0.1) is 0 Å². The molecule has 0 spiro atoms. The second kappa shape index (κ2) is 42.2. The highest BCUT2D eigenvalue weighted by atomic mass is 79.9. The molecule has 0 amide bonds. The third-order valence-electron chi connectivity index (χ3n) is 20.3. The third-order valence-corrected chi connectivity index (χ3v) is 26.3. The molecule has 0 radical (unpaired) electrons. The molecule has 1 aromatic heterocycles. The van der Waals surface area contributed by atoms with Crippen molar-refractivity contribution in [2.75, 3.05) is 0 Å². The van der Waals surface area contributed by atoms with Crippen LogP contribution in [0.4, 0.5) is 12.9 Å². The van der Waals surface area contributed by atoms with Gasteiger partial charge in [0.05, 0.1) is 12.1 Å². The van der Waals surface area contributed by atoms with E-state index in [0.717, 1.165) is 33.4 Å². The Balaban J connectivity index is 0.000000142. The molecule has 0 N–H and O–H groups in total. The van der Waals surface area contributed by atoms with Crippen LogP contribution in [0.5, 0.6) is 0 Å². The van der Waals surface area contributed by atoms with Crippen molar-refractivity contribution >= 4 is 63.2 Å². The van der Waals surface area contributed by atoms with Crippen LogP contribution < -0.4 is 25.2 Å². The van der Waals surface area contributed by atoms with E-state index in [1.807, 2.05) is 194 Å². The van der Waals surface area contributed by atoms with Gasteiger partial charge in [-0.3, -0.25) is 12.9 Å². The van der Waals surface area contributed by atoms with Gasteiger partial charge in [-0.25, -0.2) is 0 Å². The van der Waals surface area contributed by atoms with E-state index in [1.54, 1.807) is 0 Å². The van der Waals surface area contributed by atoms with Gasteiger partial charge in [0.15, 0.2) is 12.4 Å². The van der Waals surface area contributed by atoms with Crippen LogP contribution in [0.1, 0.15) is 66.8 Å². The van der Waals surface area contributed by atoms with Crippen LogP contribution in [-0.4, -0.2) is 12.8 Å². The highest BCUT2D eigenvalue weighted by Gasteiger charge is 2.46. The summed E-state index contributed by atoms with van der Waals surface area (Å²) in [4.78, 5) is 0. The number of halogens is 6. The van der Waals surface area contributed by atoms with E-state index in [9.17, 15) is 23.5 Å². The molecule has 1 aliphatic carbocycles. The fourth-order valence-electron chi connectivity index (χ4n) is 15.1. The van der Waals surface area contributed by atoms with Gasteiger partial charge < -0.3 is 4.70 Å². The van der Waals surface area contributed by atoms with Gasteiger partial charge in [-0.05, 0) is 84.2 Å². The first kappa shape index (κ1) is 84.7. The van der Waals surface area contributed by atoms with Crippen molar-refractivity contribution in [2.45, 2.75) is 20.7 Å². The maximum Gasteiger partial charge on any atom is 0.762 e. The highest BCUT2D eigenvalue weighted by molar-refractivity contribution is 9.10. The molecule has 15 aromatic carbocycles. The number of nitrogens with zero attached hydrogens (tertiary/aromatic N) is 3. The number of allylic oxidation sites excluding steroid dienone is 4. The predicted octanol–water partition coefficient (Wildman–Crippen LogP) is 22.1. The average molecular weight is 1630 g/mol. The molecule has 3 nitrogen and oxygen atoms in total. The fourth-order valence-corrected chi connectivity index (χ4v) is 20.5. The molecule has 0 fully saturated rings. The molecule has 0 unspecified atom stereocenters. The van der Waals surface area contributed by atoms with Crippen LogP contribution in [0.2, 0.25) is 5.02 Å². The van der Waals surface area contributed by atoms with Gasteiger partial charge in [0, 0.05) is 33.8 Å². The number of hydrogen-bond donors (Lipinski definition) is 0. The van der Waals surface area contributed by atoms with Gasteiger partial charge in [0.1, 0.15) is 15.2 Å². The minimum Gasteiger partial charge on any atom is -1.00 e. The summed E-state index contributed by atoms with van der Waals surface area (Å²) in [6, 6.07) is 165. The number of benzene rings is 15. The number of pyridine rings is 1. The molecule has 0 saturated heterocycles. The molecule has 0 bridgehead atoms. The molecule has 572 valence electrons. The van der Waals surface area contributed by atoms with E-state index in [1.165, 1.54) is 54.6 Å². The van der Waals surface area contributed by atoms with E-state index < -0.39 is 30.8 Å². The van der Waals surface area contributed by atoms with Crippen molar-refractivity contribution in [3.63, 3.8) is 0 Å². The van der Waals surface area contributed by atoms with Gasteiger partial charge in [-0.2, -0.15) is 15.1 Å². The lowest BCUT2D eigenvalue weighted by Crippen LogP contribution is -3.00. The fraction of sp³-hybridized carbons (Fsp3) is 0.0377. The lowest BCUT2D eigenvalue weighted by atomic mass is 9.70. The largest absolute Gasteiger partial charge is 1.00 e. The van der Waals surface area contributed by atoms with Gasteiger partial charge in [0.25, 0.3) is 0 Å². The molecule has 17 rings (SSSR count). The zero-order valence-corrected chi connectivity index (χ0v) is 67.3. The summed E-state index contributed by atoms with van der Waals surface area (Å²) in [5, 5.41) is 26.4. The van der Waals surface area contributed by atoms with Crippen molar-refractivity contribution in [1.82, 2.24) is 0 Å². The first-order valence-corrected chi connectivity index (χ1v) is 41.1. The van der Waals surface area contributed by atoms with E-state index in [0.29, 0.717) is 5.02 Å². The molecule has 1 aliphatic rings. The Morgan fingerprint density at radius 2 is 0.487 bits per heavy atom. The van der Waals surface area contributed by atoms with E-state index in [-0.39, 0.29) is 9.03 Å². The zero-order chi connectivity index (χ0) is 80.6. The van der Waals surface area contributed by atoms with Gasteiger partial charge in [-0.1, -0.05) is 501 Å². The topological polar surface area (TPSA) is 51.5 Å². The number of aromatic nitrogens is 1. The normalized spacial score (nSPS) is 11.3. The number of hydrogen-bond acceptors (Lipinski definition) is 2. The first-order valence-electron chi connectivity index (χ1n) is 38.1. The van der Waals surface area contributed by atoms with Crippen LogP contribution >= 0.6 is 34.4 Å². The summed E-state index contributed by atoms with van der Waals surface area (Å²) in [6.45, 7) is -1.86. The van der Waals surface area contributed by atoms with Gasteiger partial charge in [0.2, 0.25) is 5.54 Å². The third kappa shape index (κ3) is 19.3. The lowest BCUT2D eigenvalue weighted by Gasteiger charge is -2.30. The Morgan fingerprint density at radius 1 is 0.282 bits per heavy atom. The maximum absolute atomic E-state index is 10.2. The van der Waals surface area contributed by atoms with Crippen LogP contribution in [-0.2, 0) is 20.7 Å². The summed E-state index contributed by atoms with van der Waals surface area (Å²) in [5.41, 5.74) is 10.9. The van der Waals surface area contributed by atoms with Crippen molar-refractivity contribution in [3.05, 3.63) is 576 Å². The molecule has 117 heavy (non-hydrogen) atoms. The number of rotatable bonds is 16. The Bertz CT molecular complexity index is 5320. The monoisotopic (exact) mass is 1630 g/mol. The Hall–Kier alpha value is -13.2. The SMILES string of the molecule is BrC(c1ccccc1)(c1ccccc1)c1ccccc1.C1=CC(=P(c2ccccc2)(c2ccccc2)c2ccccc2)C=C1.FB(F)F.N#CC(c1ccccc1)(c1ccccc1)c1ccccc1.N#CC(c1ccccc1)(c1ccccc1)c1ccccc1Cl.[F-].c1ccc(C(c2ccccc2)(c2ccccc2)[n+]2ccccc2)cc1. The second-order valence-corrected chi connectivity index (χ2v) is 32.0. The number of nitriles is 2. The maximum atomic E-state index is 10.2. The lowest BCUT2D eigenvalue weighted by molar-refractivity contribution is -0.734. The molecule has 11 heteroatoms. The standard InChI is InChI=1S/C24H20N.C23H19P.C20H14ClN.C20H15N.C19H15Br.BF3.FH/c1-5-13-21(14-6-1)24(22-15-7-2-8-16-22,23-17-9-3-10-18-23)25-19-11-4-12-20-25;1-4-12-20(13-5-1)24(23-18-10-11-19-23,21-14-6-2-7-15-21)22-16-8-3-9-17-22;21-19-14-8-7-13-18(19)20(15-22,16-9-3-1-4-10-16)17-11-5-2-6-12-17;21-16-20(17-10-4-1-5-11-17,18-12-6-2-7-13-18)19-14-8-3-9-15-19;20-19(16-10-4-1-5-11-16,17-12-6-2-7-13-17)18-14-8-3-9-15-18;2-1(3)4;/h1-20H;1-19H;1-14H;1-15H;1-15H;;1H/q+1;;;;;;/p-1. The first-order chi connectivity index (χ1) is 57.1. The van der Waals surface area contributed by atoms with Gasteiger partial charge >= 0.3 is 7.54 Å². The average Bonchev–Trinajstić information content (AvgIpc) is 1.48. The molecule has 0 aliphatic heterocycles. The van der Waals surface area contributed by atoms with E-state index in [2.05, 4.69) is 342 Å². The molecule has 0 saturated carbocycles. The summed E-state index contributed by atoms with van der Waals surface area (Å²) < 4.78 is 31.0. The Morgan fingerprint density at radius 3 is 0.735 bits per heavy atom. The minimum absolute atomic E-state index is 0. The van der Waals surface area contributed by atoms with E-state index >= 15 is 0 Å². The molecular formula is C106H83BBrClF4N3P. The molecule has 0 atom stereocenters. The van der Waals surface area contributed by atoms with Crippen molar-refractivity contribution in [1.29, 1.82) is 10.5 Å². The predicted molar refractivity (Wildman–Crippen MR) is 482 cm³/mol. The molecule has 16 aromatic rings. The van der Waals surface area contributed by atoms with Crippen molar-refractivity contribution in [2.24, 2.45) is 0 Å². The van der Waals surface area contributed by atoms with Crippen LogP contribution in [0.25, 0.3) is 0 Å². The summed E-state index contributed by atoms with van der Waals surface area (Å²) in [5.74, 6) is 0. The second-order valence-electron chi connectivity index (χ2n) is 26.9. The Labute approximate surface area is 699 Å². The van der Waals surface area contributed by atoms with E-state index in [4.69, 9.17) is 11.6 Å². The number of alkyl halides is 1. The van der Waals surface area contributed by atoms with Crippen molar-refractivity contribution < 1.29 is 22.2 Å². The quantitative estimate of drug-likeness (QED) is 0.0242. The van der Waals surface area contributed by atoms with Crippen LogP contribution in [0.3, 0.4) is 0 Å². The highest BCUT2D eigenvalue weighted by Crippen LogP contribution is 2.49. The molecular weight excluding hydrogens is 1550 g/mol. The minimum atomic E-state index is -3.67. The van der Waals surface area contributed by atoms with Crippen LogP contribution in [0, 0.1) is 22.7 Å². The Kier molecular flexibility index (Phi) is 30.6. The summed E-state index contributed by atoms with van der Waals surface area (Å²) in [6.07, 6.45) is 13.2. The summed E-state index contributed by atoms with van der Waals surface area (Å²) in [7, 11) is -3.67. The van der Waals surface area contributed by atoms with Crippen LogP contribution in [0.15, 0.2) is 504 Å². The molecule has 1 heterocycles. The smallest absolute Gasteiger partial charge is 0.762 e. The summed E-state index contributed by atoms with van der Waals surface area (Å²) >= 11 is 10.4. The zero-order valence-electron chi connectivity index (χ0n) is 64.1. The van der Waals surface area contributed by atoms with Crippen molar-refractivity contribution in [3.8, 4) is 12.1 Å².